The fourth-order valence-electron chi connectivity index (χ4n) is 2.55. The Morgan fingerprint density at radius 3 is 2.63 bits per heavy atom. The quantitative estimate of drug-likeness (QED) is 0.687. The van der Waals surface area contributed by atoms with Crippen LogP contribution >= 0.6 is 0 Å². The van der Waals surface area contributed by atoms with Gasteiger partial charge in [0.05, 0.1) is 25.4 Å². The Labute approximate surface area is 117 Å². The number of nitrogens with zero attached hydrogens (tertiary/aromatic N) is 1. The van der Waals surface area contributed by atoms with Crippen molar-refractivity contribution >= 4 is 0 Å². The third-order valence-electron chi connectivity index (χ3n) is 3.28. The molecule has 2 unspecified atom stereocenters. The maximum Gasteiger partial charge on any atom is 0.109 e. The summed E-state index contributed by atoms with van der Waals surface area (Å²) >= 11 is 0. The molecule has 4 nitrogen and oxygen atoms in total. The molecular weight excluding hydrogens is 240 g/mol. The molecule has 0 aromatic heterocycles. The summed E-state index contributed by atoms with van der Waals surface area (Å²) in [6.45, 7) is 10.5. The molecule has 4 heteroatoms. The summed E-state index contributed by atoms with van der Waals surface area (Å²) in [4.78, 5) is 0. The Balaban J connectivity index is 2.22. The molecule has 0 amide bonds. The lowest BCUT2D eigenvalue weighted by atomic mass is 9.98. The maximum absolute atomic E-state index is 9.36. The molecule has 0 aromatic rings. The van der Waals surface area contributed by atoms with Crippen LogP contribution in [0.4, 0.5) is 0 Å². The van der Waals surface area contributed by atoms with Gasteiger partial charge in [-0.3, -0.25) is 5.32 Å². The fourth-order valence-corrected chi connectivity index (χ4v) is 2.55. The zero-order valence-electron chi connectivity index (χ0n) is 12.7. The summed E-state index contributed by atoms with van der Waals surface area (Å²) in [5, 5.41) is 12.7. The number of nitriles is 1. The first kappa shape index (κ1) is 16.4. The van der Waals surface area contributed by atoms with Gasteiger partial charge in [-0.15, -0.1) is 0 Å². The van der Waals surface area contributed by atoms with E-state index >= 15 is 0 Å². The van der Waals surface area contributed by atoms with Crippen molar-refractivity contribution in [1.82, 2.24) is 5.32 Å². The summed E-state index contributed by atoms with van der Waals surface area (Å²) < 4.78 is 11.3. The average Bonchev–Trinajstić information content (AvgIpc) is 2.71. The molecule has 1 N–H and O–H groups in total. The molecule has 19 heavy (non-hydrogen) atoms. The standard InChI is InChI=1S/C15H28N2O2/c1-12(2)10-18-7-8-19-14-5-6-15(9-14,11-16)17-13(3)4/h12-14,17H,5-10H2,1-4H3. The maximum atomic E-state index is 9.36. The summed E-state index contributed by atoms with van der Waals surface area (Å²) in [6.07, 6.45) is 2.80. The molecule has 2 atom stereocenters. The predicted molar refractivity (Wildman–Crippen MR) is 75.9 cm³/mol. The zero-order valence-corrected chi connectivity index (χ0v) is 12.7. The fraction of sp³-hybridized carbons (Fsp3) is 0.933. The van der Waals surface area contributed by atoms with Crippen molar-refractivity contribution in [3.8, 4) is 6.07 Å². The molecule has 0 spiro atoms. The van der Waals surface area contributed by atoms with Crippen LogP contribution in [0.2, 0.25) is 0 Å². The molecule has 1 aliphatic carbocycles. The van der Waals surface area contributed by atoms with Crippen molar-refractivity contribution in [2.75, 3.05) is 19.8 Å². The van der Waals surface area contributed by atoms with Crippen molar-refractivity contribution < 1.29 is 9.47 Å². The molecule has 1 saturated carbocycles. The molecule has 0 saturated heterocycles. The van der Waals surface area contributed by atoms with E-state index < -0.39 is 5.54 Å². The largest absolute Gasteiger partial charge is 0.379 e. The predicted octanol–water partition coefficient (Wildman–Crippen LogP) is 2.49. The Morgan fingerprint density at radius 1 is 1.32 bits per heavy atom. The van der Waals surface area contributed by atoms with Crippen molar-refractivity contribution in [3.05, 3.63) is 0 Å². The van der Waals surface area contributed by atoms with E-state index in [0.29, 0.717) is 25.2 Å². The number of hydrogen-bond donors (Lipinski definition) is 1. The van der Waals surface area contributed by atoms with Crippen LogP contribution in [0.3, 0.4) is 0 Å². The van der Waals surface area contributed by atoms with Gasteiger partial charge < -0.3 is 9.47 Å². The number of hydrogen-bond acceptors (Lipinski definition) is 4. The second-order valence-corrected chi connectivity index (χ2v) is 6.20. The molecule has 1 rings (SSSR count). The lowest BCUT2D eigenvalue weighted by Crippen LogP contribution is -2.45. The van der Waals surface area contributed by atoms with Crippen molar-refractivity contribution in [3.63, 3.8) is 0 Å². The molecule has 0 bridgehead atoms. The normalized spacial score (nSPS) is 27.1. The van der Waals surface area contributed by atoms with Crippen molar-refractivity contribution in [1.29, 1.82) is 5.26 Å². The van der Waals surface area contributed by atoms with Crippen LogP contribution in [-0.2, 0) is 9.47 Å². The van der Waals surface area contributed by atoms with Crippen molar-refractivity contribution in [2.24, 2.45) is 5.92 Å². The second kappa shape index (κ2) is 7.84. The minimum Gasteiger partial charge on any atom is -0.379 e. The van der Waals surface area contributed by atoms with E-state index in [0.717, 1.165) is 25.9 Å². The van der Waals surface area contributed by atoms with E-state index in [-0.39, 0.29) is 6.10 Å². The molecule has 0 aliphatic heterocycles. The Morgan fingerprint density at radius 2 is 2.05 bits per heavy atom. The average molecular weight is 268 g/mol. The minimum atomic E-state index is -0.391. The highest BCUT2D eigenvalue weighted by Crippen LogP contribution is 2.31. The van der Waals surface area contributed by atoms with E-state index in [1.54, 1.807) is 0 Å². The molecule has 1 aliphatic rings. The zero-order chi connectivity index (χ0) is 14.3. The summed E-state index contributed by atoms with van der Waals surface area (Å²) in [7, 11) is 0. The van der Waals surface area contributed by atoms with E-state index in [2.05, 4.69) is 39.1 Å². The van der Waals surface area contributed by atoms with Crippen LogP contribution in [-0.4, -0.2) is 37.5 Å². The number of nitrogens with one attached hydrogen (secondary N) is 1. The molecule has 0 aromatic carbocycles. The van der Waals surface area contributed by atoms with E-state index in [9.17, 15) is 5.26 Å². The van der Waals surface area contributed by atoms with Gasteiger partial charge in [0.15, 0.2) is 0 Å². The molecule has 0 heterocycles. The van der Waals surface area contributed by atoms with Gasteiger partial charge in [0.25, 0.3) is 0 Å². The van der Waals surface area contributed by atoms with E-state index in [4.69, 9.17) is 9.47 Å². The monoisotopic (exact) mass is 268 g/mol. The molecule has 0 radical (unpaired) electrons. The van der Waals surface area contributed by atoms with Crippen LogP contribution in [0, 0.1) is 17.2 Å². The number of rotatable bonds is 8. The van der Waals surface area contributed by atoms with Gasteiger partial charge in [-0.2, -0.15) is 5.26 Å². The summed E-state index contributed by atoms with van der Waals surface area (Å²) in [5.74, 6) is 0.563. The van der Waals surface area contributed by atoms with Gasteiger partial charge in [-0.1, -0.05) is 13.8 Å². The Hall–Kier alpha value is -0.630. The third-order valence-corrected chi connectivity index (χ3v) is 3.28. The highest BCUT2D eigenvalue weighted by Gasteiger charge is 2.40. The van der Waals surface area contributed by atoms with Crippen LogP contribution in [0.5, 0.6) is 0 Å². The first-order chi connectivity index (χ1) is 8.97. The summed E-state index contributed by atoms with van der Waals surface area (Å²) in [6, 6.07) is 2.76. The lowest BCUT2D eigenvalue weighted by Gasteiger charge is -2.25. The molecule has 1 fully saturated rings. The van der Waals surface area contributed by atoms with Gasteiger partial charge in [0.1, 0.15) is 5.54 Å². The summed E-state index contributed by atoms with van der Waals surface area (Å²) in [5.41, 5.74) is -0.391. The topological polar surface area (TPSA) is 54.3 Å². The highest BCUT2D eigenvalue weighted by molar-refractivity contribution is 5.12. The van der Waals surface area contributed by atoms with Gasteiger partial charge in [0, 0.05) is 19.1 Å². The first-order valence-corrected chi connectivity index (χ1v) is 7.36. The van der Waals surface area contributed by atoms with Crippen LogP contribution in [0.25, 0.3) is 0 Å². The molecule has 110 valence electrons. The van der Waals surface area contributed by atoms with Gasteiger partial charge in [-0.25, -0.2) is 0 Å². The van der Waals surface area contributed by atoms with Crippen LogP contribution in [0.1, 0.15) is 47.0 Å². The first-order valence-electron chi connectivity index (χ1n) is 7.36. The Kier molecular flexibility index (Phi) is 6.78. The van der Waals surface area contributed by atoms with Gasteiger partial charge >= 0.3 is 0 Å². The van der Waals surface area contributed by atoms with Crippen LogP contribution < -0.4 is 5.32 Å². The number of ether oxygens (including phenoxy) is 2. The smallest absolute Gasteiger partial charge is 0.109 e. The third kappa shape index (κ3) is 5.90. The van der Waals surface area contributed by atoms with Crippen molar-refractivity contribution in [2.45, 2.75) is 64.6 Å². The van der Waals surface area contributed by atoms with Gasteiger partial charge in [-0.05, 0) is 32.6 Å². The van der Waals surface area contributed by atoms with Gasteiger partial charge in [0.2, 0.25) is 0 Å². The molecular formula is C15H28N2O2. The Bertz CT molecular complexity index is 299. The minimum absolute atomic E-state index is 0.188. The van der Waals surface area contributed by atoms with E-state index in [1.807, 2.05) is 0 Å². The second-order valence-electron chi connectivity index (χ2n) is 6.20. The highest BCUT2D eigenvalue weighted by atomic mass is 16.5. The lowest BCUT2D eigenvalue weighted by molar-refractivity contribution is 0.000317. The van der Waals surface area contributed by atoms with Crippen LogP contribution in [0.15, 0.2) is 0 Å². The van der Waals surface area contributed by atoms with E-state index in [1.165, 1.54) is 0 Å². The SMILES string of the molecule is CC(C)COCCOC1CCC(C#N)(NC(C)C)C1.